The molecular weight excluding hydrogens is 671 g/mol. The van der Waals surface area contributed by atoms with Crippen molar-refractivity contribution >= 4 is 34.2 Å². The van der Waals surface area contributed by atoms with Crippen LogP contribution in [0.4, 0.5) is 11.4 Å². The summed E-state index contributed by atoms with van der Waals surface area (Å²) in [4.78, 5) is 21.1. The molecule has 52 heavy (non-hydrogen) atoms. The molecule has 1 fully saturated rings. The highest BCUT2D eigenvalue weighted by Gasteiger charge is 2.24. The second kappa shape index (κ2) is 19.0. The smallest absolute Gasteiger partial charge is 0.251 e. The van der Waals surface area contributed by atoms with Gasteiger partial charge in [-0.05, 0) is 127 Å². The number of aromatic nitrogens is 1. The third-order valence-corrected chi connectivity index (χ3v) is 11.1. The summed E-state index contributed by atoms with van der Waals surface area (Å²) in [6, 6.07) is 24.0. The summed E-state index contributed by atoms with van der Waals surface area (Å²) in [7, 11) is -1.22. The number of aryl methyl sites for hydroxylation is 1. The molecule has 2 aliphatic rings. The van der Waals surface area contributed by atoms with Crippen LogP contribution in [0.25, 0.3) is 17.2 Å². The number of carbonyl (C=O) groups excluding carboxylic acids is 1. The normalized spacial score (nSPS) is 17.4. The first-order valence-corrected chi connectivity index (χ1v) is 20.1. The van der Waals surface area contributed by atoms with Gasteiger partial charge in [0.1, 0.15) is 12.4 Å². The number of carbonyl (C=O) groups is 1. The molecule has 0 bridgehead atoms. The highest BCUT2D eigenvalue weighted by molar-refractivity contribution is 7.84. The third-order valence-electron chi connectivity index (χ3n) is 9.69. The van der Waals surface area contributed by atoms with Crippen molar-refractivity contribution in [1.82, 2.24) is 4.98 Å². The SMILES string of the molecule is CCCCOCCOc1ccc(-c2ccc3c(c2)/C=C(/C(=O)Nc2ccc(S(=O)Cc4cnccc4CC)cc2)CCCN3C[C@@H]2CCCO2)cc1. The number of anilines is 2. The lowest BCUT2D eigenvalue weighted by atomic mass is 9.96. The molecule has 274 valence electrons. The predicted molar refractivity (Wildman–Crippen MR) is 210 cm³/mol. The molecule has 6 rings (SSSR count). The Bertz CT molecular complexity index is 1820. The molecule has 2 aliphatic heterocycles. The van der Waals surface area contributed by atoms with Crippen LogP contribution in [0.1, 0.15) is 69.1 Å². The van der Waals surface area contributed by atoms with Crippen LogP contribution in [0.3, 0.4) is 0 Å². The zero-order valence-corrected chi connectivity index (χ0v) is 31.3. The number of nitrogens with zero attached hydrogens (tertiary/aromatic N) is 2. The molecule has 1 N–H and O–H groups in total. The van der Waals surface area contributed by atoms with Crippen LogP contribution in [0.15, 0.2) is 95.7 Å². The summed E-state index contributed by atoms with van der Waals surface area (Å²) in [5.41, 5.74) is 7.84. The Morgan fingerprint density at radius 2 is 1.79 bits per heavy atom. The van der Waals surface area contributed by atoms with Gasteiger partial charge in [-0.15, -0.1) is 0 Å². The third kappa shape index (κ3) is 10.2. The minimum Gasteiger partial charge on any atom is -0.491 e. The van der Waals surface area contributed by atoms with Crippen molar-refractivity contribution in [2.45, 2.75) is 75.5 Å². The number of pyridine rings is 1. The van der Waals surface area contributed by atoms with Gasteiger partial charge in [-0.2, -0.15) is 0 Å². The number of hydrogen-bond donors (Lipinski definition) is 1. The highest BCUT2D eigenvalue weighted by Crippen LogP contribution is 2.34. The molecule has 1 aromatic heterocycles. The maximum Gasteiger partial charge on any atom is 0.251 e. The lowest BCUT2D eigenvalue weighted by Crippen LogP contribution is -2.34. The van der Waals surface area contributed by atoms with Crippen molar-refractivity contribution in [2.24, 2.45) is 0 Å². The fourth-order valence-corrected chi connectivity index (χ4v) is 7.90. The molecular formula is C43H51N3O5S. The molecule has 1 unspecified atom stereocenters. The molecule has 0 radical (unpaired) electrons. The Labute approximate surface area is 311 Å². The van der Waals surface area contributed by atoms with Crippen molar-refractivity contribution < 1.29 is 23.2 Å². The zero-order valence-electron chi connectivity index (χ0n) is 30.5. The molecule has 0 aliphatic carbocycles. The summed E-state index contributed by atoms with van der Waals surface area (Å²) in [5, 5.41) is 3.11. The highest BCUT2D eigenvalue weighted by atomic mass is 32.2. The predicted octanol–water partition coefficient (Wildman–Crippen LogP) is 8.62. The van der Waals surface area contributed by atoms with Gasteiger partial charge in [0.15, 0.2) is 0 Å². The van der Waals surface area contributed by atoms with E-state index < -0.39 is 10.8 Å². The molecule has 3 aromatic carbocycles. The van der Waals surface area contributed by atoms with Gasteiger partial charge in [-0.25, -0.2) is 0 Å². The number of hydrogen-bond acceptors (Lipinski definition) is 7. The fourth-order valence-electron chi connectivity index (χ4n) is 6.75. The maximum atomic E-state index is 13.8. The first kappa shape index (κ1) is 37.4. The van der Waals surface area contributed by atoms with Gasteiger partial charge in [0.2, 0.25) is 0 Å². The number of fused-ring (bicyclic) bond motifs is 1. The first-order chi connectivity index (χ1) is 25.5. The molecule has 9 heteroatoms. The number of benzene rings is 3. The summed E-state index contributed by atoms with van der Waals surface area (Å²) in [5.74, 6) is 1.10. The number of ether oxygens (including phenoxy) is 3. The van der Waals surface area contributed by atoms with Crippen molar-refractivity contribution in [3.8, 4) is 16.9 Å². The Hall–Kier alpha value is -4.31. The minimum atomic E-state index is -1.22. The number of rotatable bonds is 16. The van der Waals surface area contributed by atoms with Gasteiger partial charge in [0, 0.05) is 60.5 Å². The van der Waals surface area contributed by atoms with Gasteiger partial charge in [0.25, 0.3) is 5.91 Å². The lowest BCUT2D eigenvalue weighted by Gasteiger charge is -2.31. The van der Waals surface area contributed by atoms with Crippen molar-refractivity contribution in [1.29, 1.82) is 0 Å². The van der Waals surface area contributed by atoms with E-state index in [-0.39, 0.29) is 12.0 Å². The Morgan fingerprint density at radius 1 is 0.962 bits per heavy atom. The van der Waals surface area contributed by atoms with Gasteiger partial charge < -0.3 is 24.4 Å². The Balaban J connectivity index is 1.17. The number of amides is 1. The van der Waals surface area contributed by atoms with E-state index in [9.17, 15) is 9.00 Å². The Morgan fingerprint density at radius 3 is 2.56 bits per heavy atom. The van der Waals surface area contributed by atoms with Crippen molar-refractivity contribution in [3.63, 3.8) is 0 Å². The van der Waals surface area contributed by atoms with E-state index in [4.69, 9.17) is 14.2 Å². The summed E-state index contributed by atoms with van der Waals surface area (Å²) >= 11 is 0. The quantitative estimate of drug-likeness (QED) is 0.116. The summed E-state index contributed by atoms with van der Waals surface area (Å²) in [6.45, 7) is 8.61. The van der Waals surface area contributed by atoms with E-state index in [1.165, 1.54) is 0 Å². The number of nitrogens with one attached hydrogen (secondary N) is 1. The van der Waals surface area contributed by atoms with Crippen LogP contribution >= 0.6 is 0 Å². The summed E-state index contributed by atoms with van der Waals surface area (Å²) < 4.78 is 30.7. The lowest BCUT2D eigenvalue weighted by molar-refractivity contribution is -0.112. The molecule has 2 atom stereocenters. The topological polar surface area (TPSA) is 90.0 Å². The van der Waals surface area contributed by atoms with E-state index in [2.05, 4.69) is 65.5 Å². The molecule has 1 saturated heterocycles. The zero-order chi connectivity index (χ0) is 36.1. The summed E-state index contributed by atoms with van der Waals surface area (Å²) in [6.07, 6.45) is 12.6. The van der Waals surface area contributed by atoms with Crippen LogP contribution in [0, 0.1) is 0 Å². The standard InChI is InChI=1S/C43H51N3O5S/c1-3-5-23-49-25-26-51-39-15-10-33(11-16-39)34-12-19-42-36(27-34)28-35(8-6-22-46(42)30-40-9-7-24-50-40)43(47)45-38-13-17-41(18-14-38)52(48)31-37-29-44-21-20-32(37)4-2/h10-21,27-29,40H,3-9,22-26,30-31H2,1-2H3,(H,45,47)/b35-28+/t40-,52?/m0/s1. The Kier molecular flexibility index (Phi) is 13.7. The molecule has 0 spiro atoms. The van der Waals surface area contributed by atoms with E-state index in [0.717, 1.165) is 115 Å². The van der Waals surface area contributed by atoms with Gasteiger partial charge in [-0.1, -0.05) is 38.5 Å². The molecule has 8 nitrogen and oxygen atoms in total. The minimum absolute atomic E-state index is 0.124. The van der Waals surface area contributed by atoms with Crippen LogP contribution in [0.2, 0.25) is 0 Å². The molecule has 0 saturated carbocycles. The average molecular weight is 722 g/mol. The number of unbranched alkanes of at least 4 members (excludes halogenated alkanes) is 1. The molecule has 3 heterocycles. The molecule has 1 amide bonds. The van der Waals surface area contributed by atoms with Crippen LogP contribution in [-0.2, 0) is 37.2 Å². The average Bonchev–Trinajstić information content (AvgIpc) is 3.68. The van der Waals surface area contributed by atoms with Gasteiger partial charge in [0.05, 0.1) is 29.3 Å². The van der Waals surface area contributed by atoms with Gasteiger partial charge >= 0.3 is 0 Å². The second-order valence-electron chi connectivity index (χ2n) is 13.4. The molecule has 4 aromatic rings. The van der Waals surface area contributed by atoms with Crippen molar-refractivity contribution in [2.75, 3.05) is 49.7 Å². The second-order valence-corrected chi connectivity index (χ2v) is 14.9. The first-order valence-electron chi connectivity index (χ1n) is 18.7. The largest absolute Gasteiger partial charge is 0.491 e. The van der Waals surface area contributed by atoms with Gasteiger partial charge in [-0.3, -0.25) is 14.0 Å². The fraction of sp³-hybridized carbons (Fsp3) is 0.395. The van der Waals surface area contributed by atoms with E-state index in [1.807, 2.05) is 42.5 Å². The van der Waals surface area contributed by atoms with Crippen LogP contribution in [-0.4, -0.2) is 60.7 Å². The van der Waals surface area contributed by atoms with E-state index >= 15 is 0 Å². The van der Waals surface area contributed by atoms with Crippen LogP contribution < -0.4 is 15.0 Å². The van der Waals surface area contributed by atoms with E-state index in [1.54, 1.807) is 12.4 Å². The monoisotopic (exact) mass is 721 g/mol. The van der Waals surface area contributed by atoms with Crippen molar-refractivity contribution in [3.05, 3.63) is 107 Å². The maximum absolute atomic E-state index is 13.8. The van der Waals surface area contributed by atoms with Crippen LogP contribution in [0.5, 0.6) is 5.75 Å². The van der Waals surface area contributed by atoms with E-state index in [0.29, 0.717) is 31.1 Å².